The number of aromatic nitrogens is 5. The molecule has 0 N–H and O–H groups in total. The van der Waals surface area contributed by atoms with Gasteiger partial charge in [-0.25, -0.2) is 0 Å². The van der Waals surface area contributed by atoms with Gasteiger partial charge in [-0.1, -0.05) is 23.5 Å². The minimum atomic E-state index is -0.439. The number of methoxy groups -OCH3 is 1. The summed E-state index contributed by atoms with van der Waals surface area (Å²) in [6, 6.07) is 11.1. The van der Waals surface area contributed by atoms with E-state index in [-0.39, 0.29) is 10.8 Å². The standard InChI is InChI=1S/C19H14N6O4S2/c1-28-13-5-2-4-12(10-13)15-21-22-19(24(15)11-14-6-3-8-29-14)31-16-17(25(26)27)23-7-9-30-18(23)20-16/h2-10H,11H2,1H3. The van der Waals surface area contributed by atoms with Crippen molar-refractivity contribution in [3.8, 4) is 17.1 Å². The molecule has 5 aromatic rings. The highest BCUT2D eigenvalue weighted by Gasteiger charge is 2.27. The van der Waals surface area contributed by atoms with E-state index in [4.69, 9.17) is 9.15 Å². The van der Waals surface area contributed by atoms with Crippen LogP contribution in [0, 0.1) is 10.1 Å². The highest BCUT2D eigenvalue weighted by Crippen LogP contribution is 2.37. The second-order valence-corrected chi connectivity index (χ2v) is 8.19. The summed E-state index contributed by atoms with van der Waals surface area (Å²) in [7, 11) is 1.59. The molecule has 12 heteroatoms. The molecule has 0 aliphatic heterocycles. The molecule has 0 saturated heterocycles. The van der Waals surface area contributed by atoms with Gasteiger partial charge >= 0.3 is 5.82 Å². The first-order valence-corrected chi connectivity index (χ1v) is 10.7. The number of nitro groups is 1. The first-order chi connectivity index (χ1) is 15.1. The van der Waals surface area contributed by atoms with Crippen LogP contribution in [0.1, 0.15) is 5.76 Å². The van der Waals surface area contributed by atoms with Crippen molar-refractivity contribution in [1.29, 1.82) is 0 Å². The summed E-state index contributed by atoms with van der Waals surface area (Å²) in [6.45, 7) is 0.352. The van der Waals surface area contributed by atoms with Crippen LogP contribution in [0.15, 0.2) is 68.8 Å². The predicted molar refractivity (Wildman–Crippen MR) is 114 cm³/mol. The molecule has 5 rings (SSSR count). The highest BCUT2D eigenvalue weighted by atomic mass is 32.2. The van der Waals surface area contributed by atoms with E-state index < -0.39 is 4.92 Å². The van der Waals surface area contributed by atoms with Crippen LogP contribution in [0.5, 0.6) is 5.75 Å². The van der Waals surface area contributed by atoms with Gasteiger partial charge in [0.05, 0.1) is 19.9 Å². The lowest BCUT2D eigenvalue weighted by atomic mass is 10.2. The van der Waals surface area contributed by atoms with E-state index in [1.807, 2.05) is 34.9 Å². The van der Waals surface area contributed by atoms with Crippen molar-refractivity contribution in [2.75, 3.05) is 7.11 Å². The molecule has 0 bridgehead atoms. The third kappa shape index (κ3) is 3.55. The average Bonchev–Trinajstić information content (AvgIpc) is 3.54. The Kier molecular flexibility index (Phi) is 4.92. The number of hydrogen-bond donors (Lipinski definition) is 0. The Hall–Kier alpha value is -3.64. The van der Waals surface area contributed by atoms with Crippen molar-refractivity contribution < 1.29 is 14.1 Å². The maximum atomic E-state index is 11.7. The van der Waals surface area contributed by atoms with Crippen LogP contribution in [0.4, 0.5) is 5.82 Å². The lowest BCUT2D eigenvalue weighted by molar-refractivity contribution is -0.393. The average molecular weight is 454 g/mol. The number of fused-ring (bicyclic) bond motifs is 1. The Labute approximate surface area is 183 Å². The lowest BCUT2D eigenvalue weighted by Gasteiger charge is -2.09. The van der Waals surface area contributed by atoms with Gasteiger partial charge in [-0.2, -0.15) is 9.38 Å². The minimum Gasteiger partial charge on any atom is -0.497 e. The van der Waals surface area contributed by atoms with E-state index in [0.29, 0.717) is 34.0 Å². The van der Waals surface area contributed by atoms with Gasteiger partial charge in [-0.15, -0.1) is 10.2 Å². The summed E-state index contributed by atoms with van der Waals surface area (Å²) in [5.41, 5.74) is 0.797. The summed E-state index contributed by atoms with van der Waals surface area (Å²) < 4.78 is 14.1. The van der Waals surface area contributed by atoms with E-state index in [9.17, 15) is 10.1 Å². The molecular formula is C19H14N6O4S2. The van der Waals surface area contributed by atoms with Gasteiger partial charge in [0.2, 0.25) is 5.03 Å². The molecule has 0 radical (unpaired) electrons. The van der Waals surface area contributed by atoms with Crippen LogP contribution < -0.4 is 4.74 Å². The van der Waals surface area contributed by atoms with E-state index >= 15 is 0 Å². The SMILES string of the molecule is COc1cccc(-c2nnc(Sc3nc4sccn4c3[N+](=O)[O-])n2Cc2ccco2)c1. The fraction of sp³-hybridized carbons (Fsp3) is 0.105. The van der Waals surface area contributed by atoms with Gasteiger partial charge in [-0.05, 0) is 41.0 Å². The maximum absolute atomic E-state index is 11.7. The fourth-order valence-corrected chi connectivity index (χ4v) is 4.79. The molecule has 0 spiro atoms. The van der Waals surface area contributed by atoms with Crippen molar-refractivity contribution in [2.45, 2.75) is 16.7 Å². The normalized spacial score (nSPS) is 11.3. The molecule has 0 fully saturated rings. The van der Waals surface area contributed by atoms with E-state index in [1.165, 1.54) is 15.7 Å². The van der Waals surface area contributed by atoms with Gasteiger partial charge in [0.15, 0.2) is 11.0 Å². The summed E-state index contributed by atoms with van der Waals surface area (Å²) in [4.78, 5) is 16.2. The molecular weight excluding hydrogens is 440 g/mol. The number of rotatable bonds is 7. The second kappa shape index (κ2) is 7.89. The van der Waals surface area contributed by atoms with Crippen molar-refractivity contribution >= 4 is 33.9 Å². The number of ether oxygens (including phenoxy) is 1. The Morgan fingerprint density at radius 3 is 2.97 bits per heavy atom. The molecule has 0 aliphatic carbocycles. The maximum Gasteiger partial charge on any atom is 0.363 e. The zero-order chi connectivity index (χ0) is 21.4. The quantitative estimate of drug-likeness (QED) is 0.263. The number of furan rings is 1. The summed E-state index contributed by atoms with van der Waals surface area (Å²) in [5, 5.41) is 22.8. The third-order valence-corrected chi connectivity index (χ3v) is 6.21. The van der Waals surface area contributed by atoms with Gasteiger partial charge < -0.3 is 19.3 Å². The molecule has 4 heterocycles. The molecule has 0 saturated carbocycles. The second-order valence-electron chi connectivity index (χ2n) is 6.36. The molecule has 0 aliphatic rings. The smallest absolute Gasteiger partial charge is 0.363 e. The molecule has 156 valence electrons. The van der Waals surface area contributed by atoms with E-state index in [2.05, 4.69) is 15.2 Å². The molecule has 1 aromatic carbocycles. The van der Waals surface area contributed by atoms with Crippen molar-refractivity contribution in [1.82, 2.24) is 24.1 Å². The molecule has 0 amide bonds. The zero-order valence-corrected chi connectivity index (χ0v) is 17.7. The summed E-state index contributed by atoms with van der Waals surface area (Å²) >= 11 is 2.42. The highest BCUT2D eigenvalue weighted by molar-refractivity contribution is 7.99. The first-order valence-electron chi connectivity index (χ1n) is 9.02. The van der Waals surface area contributed by atoms with Gasteiger partial charge in [0.1, 0.15) is 17.7 Å². The largest absolute Gasteiger partial charge is 0.497 e. The Balaban J connectivity index is 1.60. The zero-order valence-electron chi connectivity index (χ0n) is 16.0. The van der Waals surface area contributed by atoms with Crippen LogP contribution >= 0.6 is 23.1 Å². The third-order valence-electron chi connectivity index (χ3n) is 4.51. The molecule has 0 atom stereocenters. The lowest BCUT2D eigenvalue weighted by Crippen LogP contribution is -2.04. The van der Waals surface area contributed by atoms with Crippen LogP contribution in [-0.4, -0.2) is 36.2 Å². The Morgan fingerprint density at radius 2 is 2.19 bits per heavy atom. The van der Waals surface area contributed by atoms with Crippen molar-refractivity contribution in [3.05, 3.63) is 70.1 Å². The van der Waals surface area contributed by atoms with E-state index in [0.717, 1.165) is 17.3 Å². The van der Waals surface area contributed by atoms with Gasteiger partial charge in [0.25, 0.3) is 4.96 Å². The number of benzene rings is 1. The van der Waals surface area contributed by atoms with Crippen LogP contribution in [0.3, 0.4) is 0 Å². The van der Waals surface area contributed by atoms with Crippen molar-refractivity contribution in [3.63, 3.8) is 0 Å². The molecule has 31 heavy (non-hydrogen) atoms. The summed E-state index contributed by atoms with van der Waals surface area (Å²) in [5.74, 6) is 1.87. The minimum absolute atomic E-state index is 0.100. The van der Waals surface area contributed by atoms with Crippen LogP contribution in [-0.2, 0) is 6.54 Å². The van der Waals surface area contributed by atoms with Gasteiger partial charge in [-0.3, -0.25) is 4.57 Å². The monoisotopic (exact) mass is 454 g/mol. The summed E-state index contributed by atoms with van der Waals surface area (Å²) in [6.07, 6.45) is 3.22. The van der Waals surface area contributed by atoms with E-state index in [1.54, 1.807) is 31.0 Å². The predicted octanol–water partition coefficient (Wildman–Crippen LogP) is 4.36. The number of nitrogens with zero attached hydrogens (tertiary/aromatic N) is 6. The fourth-order valence-electron chi connectivity index (χ4n) is 3.12. The Bertz CT molecular complexity index is 1370. The molecule has 4 aromatic heterocycles. The molecule has 10 nitrogen and oxygen atoms in total. The Morgan fingerprint density at radius 1 is 1.29 bits per heavy atom. The number of imidazole rings is 1. The van der Waals surface area contributed by atoms with Crippen LogP contribution in [0.25, 0.3) is 16.3 Å². The molecule has 0 unspecified atom stereocenters. The number of hydrogen-bond acceptors (Lipinski definition) is 9. The number of thiazole rings is 1. The van der Waals surface area contributed by atoms with Crippen LogP contribution in [0.2, 0.25) is 0 Å². The topological polar surface area (TPSA) is 114 Å². The first kappa shape index (κ1) is 19.3. The van der Waals surface area contributed by atoms with Crippen molar-refractivity contribution in [2.24, 2.45) is 0 Å². The van der Waals surface area contributed by atoms with Gasteiger partial charge in [0, 0.05) is 10.9 Å².